The van der Waals surface area contributed by atoms with E-state index in [4.69, 9.17) is 14.8 Å². The van der Waals surface area contributed by atoms with Crippen molar-refractivity contribution in [3.05, 3.63) is 0 Å². The van der Waals surface area contributed by atoms with E-state index in [2.05, 4.69) is 0 Å². The smallest absolute Gasteiger partial charge is 0.305 e. The molecule has 0 fully saturated rings. The van der Waals surface area contributed by atoms with Gasteiger partial charge in [0.05, 0.1) is 18.8 Å². The van der Waals surface area contributed by atoms with E-state index >= 15 is 0 Å². The minimum atomic E-state index is -3.70. The number of carbonyl (C=O) groups is 1. The molecule has 92 valence electrons. The van der Waals surface area contributed by atoms with Crippen molar-refractivity contribution >= 4 is 16.1 Å². The number of aliphatic hydroxyl groups excluding tert-OH is 1. The van der Waals surface area contributed by atoms with Crippen molar-refractivity contribution in [3.8, 4) is 0 Å². The molecule has 0 heterocycles. The molecule has 0 saturated heterocycles. The van der Waals surface area contributed by atoms with Gasteiger partial charge in [-0.15, -0.1) is 0 Å². The second kappa shape index (κ2) is 9.88. The Morgan fingerprint density at radius 1 is 1.27 bits per heavy atom. The van der Waals surface area contributed by atoms with Gasteiger partial charge in [-0.3, -0.25) is 9.35 Å². The number of aliphatic carboxylic acids is 1. The monoisotopic (exact) mass is 242 g/mol. The Bertz CT molecular complexity index is 246. The highest BCUT2D eigenvalue weighted by Gasteiger charge is 2.01. The molecule has 0 radical (unpaired) electrons. The lowest BCUT2D eigenvalue weighted by Gasteiger charge is -1.92. The Balaban J connectivity index is 0. The Kier molecular flexibility index (Phi) is 11.0. The number of rotatable bonds is 6. The van der Waals surface area contributed by atoms with Crippen molar-refractivity contribution in [2.24, 2.45) is 0 Å². The normalized spacial score (nSPS) is 10.3. The van der Waals surface area contributed by atoms with Crippen LogP contribution in [0.4, 0.5) is 0 Å². The summed E-state index contributed by atoms with van der Waals surface area (Å²) in [6, 6.07) is 0. The summed E-state index contributed by atoms with van der Waals surface area (Å²) in [6.45, 7) is 1.71. The van der Waals surface area contributed by atoms with Crippen molar-refractivity contribution in [1.82, 2.24) is 0 Å². The summed E-state index contributed by atoms with van der Waals surface area (Å²) in [6.07, 6.45) is 2.24. The van der Waals surface area contributed by atoms with Crippen LogP contribution in [0.15, 0.2) is 0 Å². The Morgan fingerprint density at radius 2 is 1.80 bits per heavy atom. The van der Waals surface area contributed by atoms with Crippen LogP contribution in [0.25, 0.3) is 0 Å². The molecule has 0 aliphatic rings. The Morgan fingerprint density at radius 3 is 2.00 bits per heavy atom. The van der Waals surface area contributed by atoms with Gasteiger partial charge in [-0.05, 0) is 6.42 Å². The molecule has 0 aromatic heterocycles. The fourth-order valence-corrected chi connectivity index (χ4v) is 1.20. The standard InChI is InChI=1S/C5H12O3S.C3H6O3/c1-2-3-4-5-9(6,7)8;4-2-1-3(5)6/h2-5H2,1H3,(H,6,7,8);4H,1-2H2,(H,5,6). The number of aliphatic hydroxyl groups is 1. The van der Waals surface area contributed by atoms with Gasteiger partial charge >= 0.3 is 5.97 Å². The molecule has 0 aromatic carbocycles. The lowest BCUT2D eigenvalue weighted by molar-refractivity contribution is -0.137. The predicted octanol–water partition coefficient (Wildman–Crippen LogP) is 0.518. The van der Waals surface area contributed by atoms with Crippen LogP contribution in [0.1, 0.15) is 32.6 Å². The van der Waals surface area contributed by atoms with Crippen LogP contribution in [0.2, 0.25) is 0 Å². The molecule has 15 heavy (non-hydrogen) atoms. The fraction of sp³-hybridized carbons (Fsp3) is 0.875. The number of hydrogen-bond acceptors (Lipinski definition) is 4. The second-order valence-electron chi connectivity index (χ2n) is 2.86. The average molecular weight is 242 g/mol. The van der Waals surface area contributed by atoms with E-state index in [9.17, 15) is 13.2 Å². The summed E-state index contributed by atoms with van der Waals surface area (Å²) < 4.78 is 28.3. The summed E-state index contributed by atoms with van der Waals surface area (Å²) in [5.41, 5.74) is 0. The highest BCUT2D eigenvalue weighted by Crippen LogP contribution is 1.96. The van der Waals surface area contributed by atoms with Gasteiger partial charge in [-0.25, -0.2) is 0 Å². The minimum absolute atomic E-state index is 0.0964. The largest absolute Gasteiger partial charge is 0.481 e. The van der Waals surface area contributed by atoms with Crippen molar-refractivity contribution in [2.45, 2.75) is 32.6 Å². The SMILES string of the molecule is CCCCCS(=O)(=O)O.O=C(O)CCO. The van der Waals surface area contributed by atoms with Crippen LogP contribution < -0.4 is 0 Å². The first-order chi connectivity index (χ1) is 6.83. The molecule has 0 spiro atoms. The summed E-state index contributed by atoms with van der Waals surface area (Å²) >= 11 is 0. The van der Waals surface area contributed by atoms with Crippen molar-refractivity contribution in [3.63, 3.8) is 0 Å². The molecule has 0 aromatic rings. The maximum absolute atomic E-state index is 10.1. The zero-order chi connectivity index (χ0) is 12.3. The first-order valence-corrected chi connectivity index (χ1v) is 6.22. The van der Waals surface area contributed by atoms with Crippen LogP contribution in [0, 0.1) is 0 Å². The molecule has 0 saturated carbocycles. The van der Waals surface area contributed by atoms with E-state index in [-0.39, 0.29) is 18.8 Å². The van der Waals surface area contributed by atoms with E-state index in [0.717, 1.165) is 12.8 Å². The summed E-state index contributed by atoms with van der Waals surface area (Å²) in [4.78, 5) is 9.44. The maximum atomic E-state index is 10.1. The third-order valence-corrected chi connectivity index (χ3v) is 2.14. The zero-order valence-electron chi connectivity index (χ0n) is 8.72. The van der Waals surface area contributed by atoms with E-state index in [1.807, 2.05) is 6.92 Å². The maximum Gasteiger partial charge on any atom is 0.305 e. The topological polar surface area (TPSA) is 112 Å². The molecule has 0 aliphatic heterocycles. The molecule has 0 amide bonds. The van der Waals surface area contributed by atoms with E-state index < -0.39 is 16.1 Å². The zero-order valence-corrected chi connectivity index (χ0v) is 9.53. The molecule has 0 bridgehead atoms. The Labute approximate surface area is 89.7 Å². The fourth-order valence-electron chi connectivity index (χ4n) is 0.630. The molecule has 3 N–H and O–H groups in total. The van der Waals surface area contributed by atoms with E-state index in [1.165, 1.54) is 0 Å². The lowest BCUT2D eigenvalue weighted by Crippen LogP contribution is -2.02. The highest BCUT2D eigenvalue weighted by atomic mass is 32.2. The average Bonchev–Trinajstić information content (AvgIpc) is 2.03. The first-order valence-electron chi connectivity index (χ1n) is 4.61. The van der Waals surface area contributed by atoms with Gasteiger partial charge in [0, 0.05) is 0 Å². The second-order valence-corrected chi connectivity index (χ2v) is 4.43. The van der Waals surface area contributed by atoms with Crippen molar-refractivity contribution in [1.29, 1.82) is 0 Å². The summed E-state index contributed by atoms with van der Waals surface area (Å²) in [5.74, 6) is -1.06. The third-order valence-electron chi connectivity index (χ3n) is 1.33. The van der Waals surface area contributed by atoms with Crippen LogP contribution >= 0.6 is 0 Å². The van der Waals surface area contributed by atoms with Gasteiger partial charge in [0.1, 0.15) is 0 Å². The summed E-state index contributed by atoms with van der Waals surface area (Å²) in [7, 11) is -3.70. The number of carboxylic acid groups (broad SMARTS) is 1. The quantitative estimate of drug-likeness (QED) is 0.462. The molecular formula is C8H18O6S. The van der Waals surface area contributed by atoms with Gasteiger partial charge in [0.2, 0.25) is 0 Å². The Hall–Kier alpha value is -0.660. The van der Waals surface area contributed by atoms with Gasteiger partial charge in [0.15, 0.2) is 0 Å². The summed E-state index contributed by atoms with van der Waals surface area (Å²) in [5, 5.41) is 15.6. The number of carboxylic acids is 1. The predicted molar refractivity (Wildman–Crippen MR) is 55.3 cm³/mol. The lowest BCUT2D eigenvalue weighted by atomic mass is 10.3. The molecule has 0 aliphatic carbocycles. The van der Waals surface area contributed by atoms with Gasteiger partial charge in [-0.2, -0.15) is 8.42 Å². The molecule has 0 unspecified atom stereocenters. The van der Waals surface area contributed by atoms with Crippen molar-refractivity contribution < 1.29 is 28.0 Å². The molecular weight excluding hydrogens is 224 g/mol. The molecule has 0 rings (SSSR count). The highest BCUT2D eigenvalue weighted by molar-refractivity contribution is 7.85. The number of unbranched alkanes of at least 4 members (excludes halogenated alkanes) is 2. The molecule has 0 atom stereocenters. The first kappa shape index (κ1) is 16.8. The minimum Gasteiger partial charge on any atom is -0.481 e. The van der Waals surface area contributed by atoms with Crippen LogP contribution in [-0.2, 0) is 14.9 Å². The van der Waals surface area contributed by atoms with E-state index in [1.54, 1.807) is 0 Å². The van der Waals surface area contributed by atoms with Crippen LogP contribution in [0.5, 0.6) is 0 Å². The van der Waals surface area contributed by atoms with Gasteiger partial charge < -0.3 is 10.2 Å². The molecule has 6 nitrogen and oxygen atoms in total. The molecule has 7 heteroatoms. The van der Waals surface area contributed by atoms with Crippen molar-refractivity contribution in [2.75, 3.05) is 12.4 Å². The third kappa shape index (κ3) is 24.7. The van der Waals surface area contributed by atoms with E-state index in [0.29, 0.717) is 6.42 Å². The number of hydrogen-bond donors (Lipinski definition) is 3. The van der Waals surface area contributed by atoms with Crippen LogP contribution in [-0.4, -0.2) is 41.5 Å². The van der Waals surface area contributed by atoms with Gasteiger partial charge in [0.25, 0.3) is 10.1 Å². The van der Waals surface area contributed by atoms with Crippen LogP contribution in [0.3, 0.4) is 0 Å². The van der Waals surface area contributed by atoms with Gasteiger partial charge in [-0.1, -0.05) is 19.8 Å².